The van der Waals surface area contributed by atoms with Gasteiger partial charge in [0.25, 0.3) is 5.91 Å². The molecule has 4 atom stereocenters. The first-order chi connectivity index (χ1) is 16.8. The number of aromatic nitrogens is 2. The van der Waals surface area contributed by atoms with Crippen LogP contribution in [0.2, 0.25) is 0 Å². The number of amides is 1. The fourth-order valence-corrected chi connectivity index (χ4v) is 6.09. The van der Waals surface area contributed by atoms with Crippen molar-refractivity contribution in [1.82, 2.24) is 19.9 Å². The SMILES string of the molecule is Cc1cnc2cc(C(=O)N3C4CCCC3C3=NN(C)C(c5cc(F)c(F)c(F)c5)C3C4)ccc2n1. The molecule has 4 unspecified atom stereocenters. The second kappa shape index (κ2) is 8.03. The van der Waals surface area contributed by atoms with Gasteiger partial charge in [0.1, 0.15) is 0 Å². The van der Waals surface area contributed by atoms with Crippen LogP contribution < -0.4 is 0 Å². The van der Waals surface area contributed by atoms with Gasteiger partial charge >= 0.3 is 0 Å². The van der Waals surface area contributed by atoms with E-state index in [4.69, 9.17) is 5.10 Å². The zero-order valence-corrected chi connectivity index (χ0v) is 19.4. The summed E-state index contributed by atoms with van der Waals surface area (Å²) in [6, 6.07) is 6.88. The molecule has 1 aromatic heterocycles. The lowest BCUT2D eigenvalue weighted by molar-refractivity contribution is 0.0437. The third-order valence-corrected chi connectivity index (χ3v) is 7.54. The highest BCUT2D eigenvalue weighted by Crippen LogP contribution is 2.47. The molecule has 0 radical (unpaired) electrons. The average Bonchev–Trinajstić information content (AvgIpc) is 3.16. The van der Waals surface area contributed by atoms with Gasteiger partial charge in [-0.15, -0.1) is 0 Å². The van der Waals surface area contributed by atoms with E-state index in [-0.39, 0.29) is 23.9 Å². The van der Waals surface area contributed by atoms with Crippen LogP contribution in [-0.4, -0.2) is 50.6 Å². The zero-order valence-electron chi connectivity index (χ0n) is 19.4. The summed E-state index contributed by atoms with van der Waals surface area (Å²) in [6.07, 6.45) is 4.91. The van der Waals surface area contributed by atoms with Gasteiger partial charge in [-0.05, 0) is 68.5 Å². The number of benzene rings is 2. The van der Waals surface area contributed by atoms with E-state index >= 15 is 0 Å². The van der Waals surface area contributed by atoms with Crippen molar-refractivity contribution < 1.29 is 18.0 Å². The van der Waals surface area contributed by atoms with E-state index in [1.807, 2.05) is 17.9 Å². The van der Waals surface area contributed by atoms with Gasteiger partial charge in [0, 0.05) is 30.8 Å². The molecule has 0 N–H and O–H groups in total. The lowest BCUT2D eigenvalue weighted by Crippen LogP contribution is -2.59. The topological polar surface area (TPSA) is 61.7 Å². The molecule has 35 heavy (non-hydrogen) atoms. The number of hydrogen-bond acceptors (Lipinski definition) is 5. The summed E-state index contributed by atoms with van der Waals surface area (Å²) in [4.78, 5) is 24.6. The Balaban J connectivity index is 1.34. The summed E-state index contributed by atoms with van der Waals surface area (Å²) < 4.78 is 41.7. The van der Waals surface area contributed by atoms with Crippen LogP contribution in [0.4, 0.5) is 13.2 Å². The summed E-state index contributed by atoms with van der Waals surface area (Å²) in [5.41, 5.74) is 3.98. The van der Waals surface area contributed by atoms with E-state index in [0.717, 1.165) is 48.3 Å². The zero-order chi connectivity index (χ0) is 24.4. The molecule has 3 aliphatic rings. The number of hydrogen-bond donors (Lipinski definition) is 0. The first-order valence-electron chi connectivity index (χ1n) is 11.8. The Morgan fingerprint density at radius 3 is 2.60 bits per heavy atom. The molecule has 3 aliphatic heterocycles. The number of nitrogens with zero attached hydrogens (tertiary/aromatic N) is 5. The maximum Gasteiger partial charge on any atom is 0.254 e. The molecular formula is C26H24F3N5O. The Hall–Kier alpha value is -3.49. The van der Waals surface area contributed by atoms with Crippen LogP contribution in [0.25, 0.3) is 11.0 Å². The van der Waals surface area contributed by atoms with Crippen molar-refractivity contribution in [3.63, 3.8) is 0 Å². The van der Waals surface area contributed by atoms with Gasteiger partial charge in [0.2, 0.25) is 0 Å². The molecule has 6 rings (SSSR count). The molecule has 9 heteroatoms. The normalized spacial score (nSPS) is 25.6. The number of hydrazone groups is 1. The van der Waals surface area contributed by atoms with Crippen molar-refractivity contribution in [3.8, 4) is 0 Å². The minimum atomic E-state index is -1.47. The molecule has 2 aromatic carbocycles. The Bertz CT molecular complexity index is 1370. The minimum Gasteiger partial charge on any atom is -0.327 e. The number of aryl methyl sites for hydroxylation is 1. The molecule has 2 fully saturated rings. The third-order valence-electron chi connectivity index (χ3n) is 7.54. The molecule has 180 valence electrons. The van der Waals surface area contributed by atoms with Gasteiger partial charge in [0.15, 0.2) is 17.5 Å². The van der Waals surface area contributed by atoms with E-state index in [1.165, 1.54) is 0 Å². The van der Waals surface area contributed by atoms with Crippen molar-refractivity contribution in [2.24, 2.45) is 11.0 Å². The van der Waals surface area contributed by atoms with E-state index < -0.39 is 23.5 Å². The van der Waals surface area contributed by atoms with Crippen molar-refractivity contribution >= 4 is 22.7 Å². The smallest absolute Gasteiger partial charge is 0.254 e. The lowest BCUT2D eigenvalue weighted by Gasteiger charge is -2.49. The quantitative estimate of drug-likeness (QED) is 0.497. The second-order valence-corrected chi connectivity index (χ2v) is 9.71. The number of halogens is 3. The molecule has 0 aliphatic carbocycles. The van der Waals surface area contributed by atoms with Gasteiger partial charge < -0.3 is 4.90 Å². The fourth-order valence-electron chi connectivity index (χ4n) is 6.09. The number of piperidine rings is 2. The van der Waals surface area contributed by atoms with Crippen molar-refractivity contribution in [1.29, 1.82) is 0 Å². The summed E-state index contributed by atoms with van der Waals surface area (Å²) in [7, 11) is 1.76. The van der Waals surface area contributed by atoms with E-state index in [1.54, 1.807) is 30.4 Å². The molecule has 6 nitrogen and oxygen atoms in total. The number of carbonyl (C=O) groups excluding carboxylic acids is 1. The van der Waals surface area contributed by atoms with E-state index in [0.29, 0.717) is 23.1 Å². The molecule has 4 heterocycles. The van der Waals surface area contributed by atoms with Crippen LogP contribution in [0.1, 0.15) is 53.3 Å². The first kappa shape index (κ1) is 22.0. The van der Waals surface area contributed by atoms with Crippen LogP contribution >= 0.6 is 0 Å². The van der Waals surface area contributed by atoms with Crippen LogP contribution in [-0.2, 0) is 0 Å². The summed E-state index contributed by atoms with van der Waals surface area (Å²) >= 11 is 0. The number of carbonyl (C=O) groups is 1. The minimum absolute atomic E-state index is 0.0193. The molecule has 1 amide bonds. The van der Waals surface area contributed by atoms with E-state index in [9.17, 15) is 18.0 Å². The van der Waals surface area contributed by atoms with Gasteiger partial charge in [-0.25, -0.2) is 18.2 Å². The van der Waals surface area contributed by atoms with Gasteiger partial charge in [-0.1, -0.05) is 0 Å². The number of fused-ring (bicyclic) bond motifs is 5. The largest absolute Gasteiger partial charge is 0.327 e. The highest BCUT2D eigenvalue weighted by Gasteiger charge is 2.51. The summed E-state index contributed by atoms with van der Waals surface area (Å²) in [6.45, 7) is 1.87. The van der Waals surface area contributed by atoms with Crippen LogP contribution in [0.15, 0.2) is 41.6 Å². The van der Waals surface area contributed by atoms with Gasteiger partial charge in [-0.3, -0.25) is 14.8 Å². The maximum atomic E-state index is 14.0. The van der Waals surface area contributed by atoms with Crippen molar-refractivity contribution in [3.05, 3.63) is 70.8 Å². The van der Waals surface area contributed by atoms with Crippen LogP contribution in [0, 0.1) is 30.3 Å². The first-order valence-corrected chi connectivity index (χ1v) is 11.8. The fraction of sp³-hybridized carbons (Fsp3) is 0.385. The molecule has 2 bridgehead atoms. The molecule has 0 spiro atoms. The predicted octanol–water partition coefficient (Wildman–Crippen LogP) is 4.78. The second-order valence-electron chi connectivity index (χ2n) is 9.71. The standard InChI is InChI=1S/C26H24F3N5O/c1-13-12-30-21-10-14(6-7-20(21)31-13)26(35)34-16-4-3-5-22(34)24-17(11-16)25(33(2)32-24)15-8-18(27)23(29)19(28)9-15/h6-10,12,16-17,22,25H,3-5,11H2,1-2H3. The Kier molecular flexibility index (Phi) is 5.05. The van der Waals surface area contributed by atoms with Crippen molar-refractivity contribution in [2.75, 3.05) is 7.05 Å². The highest BCUT2D eigenvalue weighted by molar-refractivity contribution is 6.03. The molecular weight excluding hydrogens is 455 g/mol. The highest BCUT2D eigenvalue weighted by atomic mass is 19.2. The summed E-state index contributed by atoms with van der Waals surface area (Å²) in [5, 5.41) is 6.45. The Morgan fingerprint density at radius 1 is 1.06 bits per heavy atom. The molecule has 3 aromatic rings. The molecule has 0 saturated carbocycles. The third kappa shape index (κ3) is 3.47. The lowest BCUT2D eigenvalue weighted by atomic mass is 9.73. The average molecular weight is 480 g/mol. The predicted molar refractivity (Wildman–Crippen MR) is 124 cm³/mol. The van der Waals surface area contributed by atoms with E-state index in [2.05, 4.69) is 9.97 Å². The Labute approximate surface area is 200 Å². The molecule has 2 saturated heterocycles. The Morgan fingerprint density at radius 2 is 1.83 bits per heavy atom. The summed E-state index contributed by atoms with van der Waals surface area (Å²) in [5.74, 6) is -4.05. The van der Waals surface area contributed by atoms with Crippen LogP contribution in [0.3, 0.4) is 0 Å². The van der Waals surface area contributed by atoms with Gasteiger partial charge in [0.05, 0.1) is 34.5 Å². The van der Waals surface area contributed by atoms with Crippen LogP contribution in [0.5, 0.6) is 0 Å². The van der Waals surface area contributed by atoms with Crippen molar-refractivity contribution in [2.45, 2.75) is 50.7 Å². The maximum absolute atomic E-state index is 14.0. The monoisotopic (exact) mass is 479 g/mol. The number of rotatable bonds is 2. The van der Waals surface area contributed by atoms with Gasteiger partial charge in [-0.2, -0.15) is 5.10 Å².